The number of fused-ring (bicyclic) bond motifs is 1. The highest BCUT2D eigenvalue weighted by Crippen LogP contribution is 2.26. The maximum absolute atomic E-state index is 12.2. The van der Waals surface area contributed by atoms with Gasteiger partial charge in [-0.15, -0.1) is 0 Å². The fraction of sp³-hybridized carbons (Fsp3) is 0.444. The molecule has 1 aromatic heterocycles. The fourth-order valence-corrected chi connectivity index (χ4v) is 2.54. The van der Waals surface area contributed by atoms with E-state index in [0.717, 1.165) is 22.8 Å². The quantitative estimate of drug-likeness (QED) is 0.796. The van der Waals surface area contributed by atoms with Crippen LogP contribution in [0.15, 0.2) is 25.3 Å². The first-order valence-corrected chi connectivity index (χ1v) is 7.78. The van der Waals surface area contributed by atoms with Crippen molar-refractivity contribution < 1.29 is 9.53 Å². The van der Waals surface area contributed by atoms with Gasteiger partial charge in [0.1, 0.15) is 11.4 Å². The number of ether oxygens (including phenoxy) is 1. The molecule has 0 N–H and O–H groups in total. The van der Waals surface area contributed by atoms with E-state index in [1.807, 2.05) is 39.8 Å². The van der Waals surface area contributed by atoms with Crippen molar-refractivity contribution in [1.29, 1.82) is 0 Å². The number of imidazole rings is 1. The van der Waals surface area contributed by atoms with E-state index in [1.165, 1.54) is 0 Å². The molecular formula is C18H25N3O2. The first-order chi connectivity index (χ1) is 10.8. The van der Waals surface area contributed by atoms with Crippen molar-refractivity contribution in [3.63, 3.8) is 0 Å². The smallest absolute Gasteiger partial charge is 0.410 e. The summed E-state index contributed by atoms with van der Waals surface area (Å²) in [6.45, 7) is 17.1. The van der Waals surface area contributed by atoms with Gasteiger partial charge >= 0.3 is 6.09 Å². The van der Waals surface area contributed by atoms with Gasteiger partial charge in [0.2, 0.25) is 0 Å². The van der Waals surface area contributed by atoms with Crippen LogP contribution >= 0.6 is 0 Å². The van der Waals surface area contributed by atoms with Crippen LogP contribution in [0.3, 0.4) is 0 Å². The van der Waals surface area contributed by atoms with Gasteiger partial charge in [-0.3, -0.25) is 4.90 Å². The van der Waals surface area contributed by atoms with E-state index in [2.05, 4.69) is 22.7 Å². The lowest BCUT2D eigenvalue weighted by molar-refractivity contribution is 0.0195. The molecular weight excluding hydrogens is 290 g/mol. The third-order valence-corrected chi connectivity index (χ3v) is 3.53. The number of amides is 1. The number of rotatable bonds is 3. The molecule has 23 heavy (non-hydrogen) atoms. The Morgan fingerprint density at radius 2 is 2.04 bits per heavy atom. The monoisotopic (exact) mass is 315 g/mol. The maximum atomic E-state index is 12.2. The zero-order chi connectivity index (χ0) is 17.2. The molecule has 1 amide bonds. The fourth-order valence-electron chi connectivity index (χ4n) is 2.54. The molecule has 0 spiro atoms. The summed E-state index contributed by atoms with van der Waals surface area (Å²) in [4.78, 5) is 18.6. The van der Waals surface area contributed by atoms with Crippen molar-refractivity contribution >= 4 is 17.7 Å². The lowest BCUT2D eigenvalue weighted by atomic mass is 10.1. The molecule has 0 unspecified atom stereocenters. The molecule has 0 radical (unpaired) electrons. The second-order valence-corrected chi connectivity index (χ2v) is 6.54. The second-order valence-electron chi connectivity index (χ2n) is 6.54. The molecule has 0 aliphatic carbocycles. The summed E-state index contributed by atoms with van der Waals surface area (Å²) in [6, 6.07) is 0. The summed E-state index contributed by atoms with van der Waals surface area (Å²) in [5.41, 5.74) is 2.17. The molecule has 5 heteroatoms. The number of hydrogen-bond donors (Lipinski definition) is 0. The van der Waals surface area contributed by atoms with Gasteiger partial charge in [-0.25, -0.2) is 9.78 Å². The molecule has 2 rings (SSSR count). The summed E-state index contributed by atoms with van der Waals surface area (Å²) >= 11 is 0. The SMILES string of the molecule is C=CC(=C)c1c(/C=C/C)nc2n1CCN(C(=O)OC(C)(C)C)C2. The standard InChI is InChI=1S/C18H25N3O2/c1-7-9-14-16(13(3)8-2)21-11-10-20(12-15(21)19-14)17(22)23-18(4,5)6/h7-9H,2-3,10-12H2,1,4-6H3/b9-7+. The Kier molecular flexibility index (Phi) is 4.78. The third kappa shape index (κ3) is 3.73. The van der Waals surface area contributed by atoms with Crippen LogP contribution in [-0.4, -0.2) is 32.7 Å². The highest BCUT2D eigenvalue weighted by Gasteiger charge is 2.28. The van der Waals surface area contributed by atoms with Crippen molar-refractivity contribution in [1.82, 2.24) is 14.5 Å². The van der Waals surface area contributed by atoms with Crippen molar-refractivity contribution in [3.8, 4) is 0 Å². The minimum Gasteiger partial charge on any atom is -0.444 e. The van der Waals surface area contributed by atoms with Gasteiger partial charge in [-0.1, -0.05) is 25.3 Å². The van der Waals surface area contributed by atoms with E-state index in [9.17, 15) is 4.79 Å². The van der Waals surface area contributed by atoms with E-state index >= 15 is 0 Å². The van der Waals surface area contributed by atoms with Crippen LogP contribution in [0.25, 0.3) is 11.6 Å². The Morgan fingerprint density at radius 3 is 2.61 bits per heavy atom. The molecule has 5 nitrogen and oxygen atoms in total. The largest absolute Gasteiger partial charge is 0.444 e. The maximum Gasteiger partial charge on any atom is 0.410 e. The minimum absolute atomic E-state index is 0.302. The van der Waals surface area contributed by atoms with Gasteiger partial charge in [0.15, 0.2) is 0 Å². The zero-order valence-corrected chi connectivity index (χ0v) is 14.4. The minimum atomic E-state index is -0.498. The van der Waals surface area contributed by atoms with Crippen LogP contribution < -0.4 is 0 Å². The Morgan fingerprint density at radius 1 is 1.35 bits per heavy atom. The molecule has 0 atom stereocenters. The predicted octanol–water partition coefficient (Wildman–Crippen LogP) is 3.87. The second kappa shape index (κ2) is 6.44. The Hall–Kier alpha value is -2.30. The molecule has 1 aliphatic rings. The highest BCUT2D eigenvalue weighted by molar-refractivity contribution is 5.76. The van der Waals surface area contributed by atoms with Crippen LogP contribution in [0.5, 0.6) is 0 Å². The van der Waals surface area contributed by atoms with Gasteiger partial charge in [-0.2, -0.15) is 0 Å². The van der Waals surface area contributed by atoms with E-state index < -0.39 is 5.60 Å². The number of allylic oxidation sites excluding steroid dienone is 3. The van der Waals surface area contributed by atoms with Crippen LogP contribution in [0, 0.1) is 0 Å². The molecule has 1 aliphatic heterocycles. The summed E-state index contributed by atoms with van der Waals surface area (Å²) in [5.74, 6) is 0.841. The molecule has 0 bridgehead atoms. The Bertz CT molecular complexity index is 663. The van der Waals surface area contributed by atoms with Gasteiger partial charge in [0.05, 0.1) is 17.9 Å². The van der Waals surface area contributed by atoms with Crippen LogP contribution in [0.1, 0.15) is 44.9 Å². The number of carbonyl (C=O) groups excluding carboxylic acids is 1. The van der Waals surface area contributed by atoms with Crippen LogP contribution in [0.4, 0.5) is 4.79 Å². The third-order valence-electron chi connectivity index (χ3n) is 3.53. The molecule has 0 saturated heterocycles. The summed E-state index contributed by atoms with van der Waals surface area (Å²) in [7, 11) is 0. The first kappa shape index (κ1) is 17.1. The van der Waals surface area contributed by atoms with E-state index in [4.69, 9.17) is 4.74 Å². The normalized spacial score (nSPS) is 14.7. The summed E-state index contributed by atoms with van der Waals surface area (Å²) < 4.78 is 7.56. The average Bonchev–Trinajstić information content (AvgIpc) is 2.82. The van der Waals surface area contributed by atoms with E-state index in [0.29, 0.717) is 19.6 Å². The van der Waals surface area contributed by atoms with Gasteiger partial charge < -0.3 is 9.30 Å². The molecule has 2 heterocycles. The Balaban J connectivity index is 2.30. The number of hydrogen-bond acceptors (Lipinski definition) is 3. The number of nitrogens with zero attached hydrogens (tertiary/aromatic N) is 3. The topological polar surface area (TPSA) is 47.4 Å². The van der Waals surface area contributed by atoms with Gasteiger partial charge in [-0.05, 0) is 39.3 Å². The van der Waals surface area contributed by atoms with E-state index in [1.54, 1.807) is 11.0 Å². The molecule has 0 aromatic carbocycles. The number of carbonyl (C=O) groups is 1. The predicted molar refractivity (Wildman–Crippen MR) is 92.8 cm³/mol. The first-order valence-electron chi connectivity index (χ1n) is 7.78. The highest BCUT2D eigenvalue weighted by atomic mass is 16.6. The number of aromatic nitrogens is 2. The van der Waals surface area contributed by atoms with Crippen LogP contribution in [0.2, 0.25) is 0 Å². The molecule has 0 saturated carbocycles. The molecule has 124 valence electrons. The van der Waals surface area contributed by atoms with Gasteiger partial charge in [0, 0.05) is 13.1 Å². The molecule has 0 fully saturated rings. The Labute approximate surface area is 138 Å². The van der Waals surface area contributed by atoms with E-state index in [-0.39, 0.29) is 6.09 Å². The lowest BCUT2D eigenvalue weighted by Gasteiger charge is -2.30. The summed E-state index contributed by atoms with van der Waals surface area (Å²) in [6.07, 6.45) is 5.33. The lowest BCUT2D eigenvalue weighted by Crippen LogP contribution is -2.41. The van der Waals surface area contributed by atoms with Gasteiger partial charge in [0.25, 0.3) is 0 Å². The van der Waals surface area contributed by atoms with Crippen molar-refractivity contribution in [2.24, 2.45) is 0 Å². The van der Waals surface area contributed by atoms with Crippen molar-refractivity contribution in [2.75, 3.05) is 6.54 Å². The van der Waals surface area contributed by atoms with Crippen molar-refractivity contribution in [2.45, 2.75) is 46.4 Å². The van der Waals surface area contributed by atoms with Crippen LogP contribution in [-0.2, 0) is 17.8 Å². The average molecular weight is 315 g/mol. The summed E-state index contributed by atoms with van der Waals surface area (Å²) in [5, 5.41) is 0. The molecule has 1 aromatic rings. The van der Waals surface area contributed by atoms with Crippen molar-refractivity contribution in [3.05, 3.63) is 42.5 Å². The zero-order valence-electron chi connectivity index (χ0n) is 14.4.